The molecule has 6 nitrogen and oxygen atoms in total. The average Bonchev–Trinajstić information content (AvgIpc) is 3.26. The number of rotatable bonds is 8. The van der Waals surface area contributed by atoms with Crippen LogP contribution in [0.2, 0.25) is 0 Å². The maximum Gasteiger partial charge on any atom is 0.231 e. The van der Waals surface area contributed by atoms with Gasteiger partial charge in [-0.05, 0) is 55.5 Å². The van der Waals surface area contributed by atoms with Crippen LogP contribution in [0.25, 0.3) is 0 Å². The Morgan fingerprint density at radius 3 is 2.80 bits per heavy atom. The first-order chi connectivity index (χ1) is 14.7. The Morgan fingerprint density at radius 1 is 1.13 bits per heavy atom. The summed E-state index contributed by atoms with van der Waals surface area (Å²) < 4.78 is 16.6. The zero-order valence-electron chi connectivity index (χ0n) is 17.2. The summed E-state index contributed by atoms with van der Waals surface area (Å²) in [6.07, 6.45) is 3.65. The van der Waals surface area contributed by atoms with E-state index in [1.165, 1.54) is 0 Å². The van der Waals surface area contributed by atoms with Gasteiger partial charge in [0.1, 0.15) is 5.75 Å². The fourth-order valence-electron chi connectivity index (χ4n) is 4.24. The Morgan fingerprint density at radius 2 is 1.97 bits per heavy atom. The molecule has 160 valence electrons. The number of amides is 1. The molecule has 0 aromatic heterocycles. The number of piperidine rings is 1. The van der Waals surface area contributed by atoms with Crippen molar-refractivity contribution in [2.24, 2.45) is 5.41 Å². The number of aliphatic hydroxyl groups excluding tert-OH is 1. The molecule has 1 amide bonds. The van der Waals surface area contributed by atoms with Crippen LogP contribution in [0.15, 0.2) is 48.5 Å². The monoisotopic (exact) mass is 411 g/mol. The largest absolute Gasteiger partial charge is 0.494 e. The molecule has 0 radical (unpaired) electrons. The minimum absolute atomic E-state index is 0.0666. The molecular formula is C24H29NO5. The third-order valence-corrected chi connectivity index (χ3v) is 6.06. The van der Waals surface area contributed by atoms with Gasteiger partial charge < -0.3 is 24.2 Å². The Labute approximate surface area is 177 Å². The van der Waals surface area contributed by atoms with Gasteiger partial charge >= 0.3 is 0 Å². The number of benzene rings is 2. The standard InChI is InChI=1S/C24H29NO5/c26-17-24(12-14-28-20-5-2-1-3-6-20)11-4-13-25(16-24)23(27)10-8-19-7-9-21-22(15-19)30-18-29-21/h1-3,5-7,9,15,26H,4,8,10-14,16-18H2. The first-order valence-corrected chi connectivity index (χ1v) is 10.6. The normalized spacial score (nSPS) is 20.2. The number of fused-ring (bicyclic) bond motifs is 1. The molecule has 0 aliphatic carbocycles. The maximum absolute atomic E-state index is 12.9. The van der Waals surface area contributed by atoms with Crippen molar-refractivity contribution in [1.82, 2.24) is 4.90 Å². The lowest BCUT2D eigenvalue weighted by Gasteiger charge is -2.42. The quantitative estimate of drug-likeness (QED) is 0.721. The Hall–Kier alpha value is -2.73. The molecule has 1 N–H and O–H groups in total. The molecule has 1 atom stereocenters. The molecule has 0 spiro atoms. The van der Waals surface area contributed by atoms with Crippen LogP contribution in [0.5, 0.6) is 17.2 Å². The second-order valence-corrected chi connectivity index (χ2v) is 8.18. The van der Waals surface area contributed by atoms with Gasteiger partial charge in [0.05, 0.1) is 13.2 Å². The lowest BCUT2D eigenvalue weighted by Crippen LogP contribution is -2.48. The van der Waals surface area contributed by atoms with Gasteiger partial charge in [0.15, 0.2) is 11.5 Å². The molecule has 2 heterocycles. The molecule has 2 aromatic rings. The third kappa shape index (κ3) is 4.87. The van der Waals surface area contributed by atoms with E-state index in [1.54, 1.807) is 0 Å². The van der Waals surface area contributed by atoms with E-state index in [0.717, 1.165) is 48.6 Å². The van der Waals surface area contributed by atoms with Gasteiger partial charge in [-0.25, -0.2) is 0 Å². The fraction of sp³-hybridized carbons (Fsp3) is 0.458. The Balaban J connectivity index is 1.29. The van der Waals surface area contributed by atoms with Crippen molar-refractivity contribution >= 4 is 5.91 Å². The summed E-state index contributed by atoms with van der Waals surface area (Å²) in [6.45, 7) is 2.19. The van der Waals surface area contributed by atoms with Crippen molar-refractivity contribution in [3.05, 3.63) is 54.1 Å². The average molecular weight is 411 g/mol. The summed E-state index contributed by atoms with van der Waals surface area (Å²) in [7, 11) is 0. The minimum Gasteiger partial charge on any atom is -0.494 e. The van der Waals surface area contributed by atoms with Gasteiger partial charge in [-0.1, -0.05) is 24.3 Å². The molecule has 1 fully saturated rings. The van der Waals surface area contributed by atoms with E-state index in [4.69, 9.17) is 14.2 Å². The molecule has 1 saturated heterocycles. The topological polar surface area (TPSA) is 68.2 Å². The summed E-state index contributed by atoms with van der Waals surface area (Å²) in [6, 6.07) is 15.5. The molecule has 4 rings (SSSR count). The van der Waals surface area contributed by atoms with Gasteiger partial charge in [0.2, 0.25) is 12.7 Å². The van der Waals surface area contributed by atoms with Crippen LogP contribution >= 0.6 is 0 Å². The first-order valence-electron chi connectivity index (χ1n) is 10.6. The predicted octanol–water partition coefficient (Wildman–Crippen LogP) is 3.42. The zero-order chi connectivity index (χ0) is 20.8. The molecule has 2 aromatic carbocycles. The molecule has 30 heavy (non-hydrogen) atoms. The van der Waals surface area contributed by atoms with Crippen LogP contribution in [-0.4, -0.2) is 49.0 Å². The molecule has 0 saturated carbocycles. The number of para-hydroxylation sites is 1. The van der Waals surface area contributed by atoms with Crippen LogP contribution in [0.1, 0.15) is 31.2 Å². The predicted molar refractivity (Wildman–Crippen MR) is 113 cm³/mol. The number of hydrogen-bond acceptors (Lipinski definition) is 5. The fourth-order valence-corrected chi connectivity index (χ4v) is 4.24. The summed E-state index contributed by atoms with van der Waals surface area (Å²) in [5.41, 5.74) is 0.774. The van der Waals surface area contributed by atoms with E-state index >= 15 is 0 Å². The van der Waals surface area contributed by atoms with Crippen molar-refractivity contribution < 1.29 is 24.1 Å². The third-order valence-electron chi connectivity index (χ3n) is 6.06. The molecule has 6 heteroatoms. The van der Waals surface area contributed by atoms with Crippen molar-refractivity contribution in [2.75, 3.05) is 33.1 Å². The van der Waals surface area contributed by atoms with E-state index in [2.05, 4.69) is 0 Å². The lowest BCUT2D eigenvalue weighted by molar-refractivity contribution is -0.135. The van der Waals surface area contributed by atoms with Crippen molar-refractivity contribution in [3.63, 3.8) is 0 Å². The highest BCUT2D eigenvalue weighted by Gasteiger charge is 2.36. The van der Waals surface area contributed by atoms with E-state index in [-0.39, 0.29) is 24.7 Å². The van der Waals surface area contributed by atoms with Gasteiger partial charge in [-0.3, -0.25) is 4.79 Å². The van der Waals surface area contributed by atoms with E-state index in [1.807, 2.05) is 53.4 Å². The molecular weight excluding hydrogens is 382 g/mol. The van der Waals surface area contributed by atoms with E-state index < -0.39 is 0 Å². The molecule has 1 unspecified atom stereocenters. The van der Waals surface area contributed by atoms with Crippen molar-refractivity contribution in [1.29, 1.82) is 0 Å². The summed E-state index contributed by atoms with van der Waals surface area (Å²) in [4.78, 5) is 14.8. The number of hydrogen-bond donors (Lipinski definition) is 1. The second-order valence-electron chi connectivity index (χ2n) is 8.18. The number of carbonyl (C=O) groups is 1. The Kier molecular flexibility index (Phi) is 6.43. The maximum atomic E-state index is 12.9. The smallest absolute Gasteiger partial charge is 0.231 e. The summed E-state index contributed by atoms with van der Waals surface area (Å²) in [5, 5.41) is 10.1. The highest BCUT2D eigenvalue weighted by molar-refractivity contribution is 5.76. The van der Waals surface area contributed by atoms with Crippen molar-refractivity contribution in [2.45, 2.75) is 32.1 Å². The van der Waals surface area contributed by atoms with Crippen molar-refractivity contribution in [3.8, 4) is 17.2 Å². The highest BCUT2D eigenvalue weighted by Crippen LogP contribution is 2.35. The van der Waals surface area contributed by atoms with Gasteiger partial charge in [0.25, 0.3) is 0 Å². The highest BCUT2D eigenvalue weighted by atomic mass is 16.7. The number of nitrogens with zero attached hydrogens (tertiary/aromatic N) is 1. The molecule has 0 bridgehead atoms. The number of likely N-dealkylation sites (tertiary alicyclic amines) is 1. The summed E-state index contributed by atoms with van der Waals surface area (Å²) in [5.74, 6) is 2.47. The SMILES string of the molecule is O=C(CCc1ccc2c(c1)OCO2)N1CCCC(CO)(CCOc2ccccc2)C1. The Bertz CT molecular complexity index is 856. The van der Waals surface area contributed by atoms with Crippen LogP contribution in [0.4, 0.5) is 0 Å². The van der Waals surface area contributed by atoms with E-state index in [0.29, 0.717) is 26.0 Å². The van der Waals surface area contributed by atoms with Gasteiger partial charge in [0, 0.05) is 24.9 Å². The second kappa shape index (κ2) is 9.39. The number of aliphatic hydroxyl groups is 1. The van der Waals surface area contributed by atoms with Crippen LogP contribution in [0.3, 0.4) is 0 Å². The number of ether oxygens (including phenoxy) is 3. The first kappa shape index (κ1) is 20.5. The van der Waals surface area contributed by atoms with Gasteiger partial charge in [-0.2, -0.15) is 0 Å². The number of aryl methyl sites for hydroxylation is 1. The van der Waals surface area contributed by atoms with Crippen LogP contribution < -0.4 is 14.2 Å². The lowest BCUT2D eigenvalue weighted by atomic mass is 9.78. The van der Waals surface area contributed by atoms with Crippen LogP contribution in [-0.2, 0) is 11.2 Å². The molecule has 2 aliphatic rings. The molecule has 2 aliphatic heterocycles. The van der Waals surface area contributed by atoms with Crippen LogP contribution in [0, 0.1) is 5.41 Å². The van der Waals surface area contributed by atoms with Gasteiger partial charge in [-0.15, -0.1) is 0 Å². The number of carbonyl (C=O) groups excluding carboxylic acids is 1. The van der Waals surface area contributed by atoms with E-state index in [9.17, 15) is 9.90 Å². The minimum atomic E-state index is -0.290. The zero-order valence-corrected chi connectivity index (χ0v) is 17.2. The summed E-state index contributed by atoms with van der Waals surface area (Å²) >= 11 is 0.